The Balaban J connectivity index is 1.82. The Morgan fingerprint density at radius 1 is 1.15 bits per heavy atom. The van der Waals surface area contributed by atoms with Crippen LogP contribution in [0.1, 0.15) is 40.9 Å². The zero-order valence-corrected chi connectivity index (χ0v) is 16.1. The number of aryl methyl sites for hydroxylation is 2. The Labute approximate surface area is 155 Å². The smallest absolute Gasteiger partial charge is 0.163 e. The van der Waals surface area contributed by atoms with Gasteiger partial charge in [0.25, 0.3) is 0 Å². The van der Waals surface area contributed by atoms with Crippen LogP contribution in [-0.2, 0) is 9.47 Å². The molecule has 26 heavy (non-hydrogen) atoms. The van der Waals surface area contributed by atoms with Crippen molar-refractivity contribution in [2.24, 2.45) is 0 Å². The van der Waals surface area contributed by atoms with E-state index >= 15 is 0 Å². The van der Waals surface area contributed by atoms with Crippen molar-refractivity contribution >= 4 is 6.29 Å². The Bertz CT molecular complexity index is 823. The normalized spacial score (nSPS) is 18.7. The maximum absolute atomic E-state index is 11.2. The highest BCUT2D eigenvalue weighted by atomic mass is 16.7. The van der Waals surface area contributed by atoms with E-state index in [4.69, 9.17) is 14.2 Å². The molecular formula is C22H26O4. The number of rotatable bonds is 5. The predicted molar refractivity (Wildman–Crippen MR) is 102 cm³/mol. The first-order valence-corrected chi connectivity index (χ1v) is 8.92. The second kappa shape index (κ2) is 7.22. The lowest BCUT2D eigenvalue weighted by Gasteiger charge is -2.19. The van der Waals surface area contributed by atoms with Crippen LogP contribution >= 0.6 is 0 Å². The van der Waals surface area contributed by atoms with E-state index in [0.717, 1.165) is 45.4 Å². The van der Waals surface area contributed by atoms with Gasteiger partial charge < -0.3 is 14.2 Å². The van der Waals surface area contributed by atoms with Crippen LogP contribution in [0, 0.1) is 20.8 Å². The van der Waals surface area contributed by atoms with Gasteiger partial charge in [-0.05, 0) is 74.6 Å². The fraction of sp³-hybridized carbons (Fsp3) is 0.409. The Morgan fingerprint density at radius 3 is 2.58 bits per heavy atom. The fourth-order valence-electron chi connectivity index (χ4n) is 3.34. The molecule has 1 aliphatic heterocycles. The van der Waals surface area contributed by atoms with Crippen molar-refractivity contribution < 1.29 is 19.0 Å². The lowest BCUT2D eigenvalue weighted by atomic mass is 9.92. The highest BCUT2D eigenvalue weighted by Gasteiger charge is 2.33. The second-order valence-electron chi connectivity index (χ2n) is 7.33. The molecule has 3 rings (SSSR count). The Morgan fingerprint density at radius 2 is 1.92 bits per heavy atom. The van der Waals surface area contributed by atoms with Crippen molar-refractivity contribution in [2.45, 2.75) is 46.5 Å². The number of benzene rings is 2. The second-order valence-corrected chi connectivity index (χ2v) is 7.33. The summed E-state index contributed by atoms with van der Waals surface area (Å²) >= 11 is 0. The fourth-order valence-corrected chi connectivity index (χ4v) is 3.34. The van der Waals surface area contributed by atoms with Gasteiger partial charge in [0.2, 0.25) is 0 Å². The Kier molecular flexibility index (Phi) is 5.17. The summed E-state index contributed by atoms with van der Waals surface area (Å²) in [5, 5.41) is 0. The third kappa shape index (κ3) is 3.81. The molecule has 1 fully saturated rings. The minimum Gasteiger partial charge on any atom is -0.491 e. The van der Waals surface area contributed by atoms with Crippen LogP contribution in [0.5, 0.6) is 5.75 Å². The molecule has 1 aliphatic rings. The number of ether oxygens (including phenoxy) is 3. The van der Waals surface area contributed by atoms with Gasteiger partial charge >= 0.3 is 0 Å². The number of hydrogen-bond acceptors (Lipinski definition) is 4. The van der Waals surface area contributed by atoms with Crippen LogP contribution in [0.3, 0.4) is 0 Å². The molecule has 0 unspecified atom stereocenters. The van der Waals surface area contributed by atoms with Crippen LogP contribution in [0.15, 0.2) is 30.3 Å². The predicted octanol–water partition coefficient (Wildman–Crippen LogP) is 4.62. The van der Waals surface area contributed by atoms with E-state index in [2.05, 4.69) is 25.1 Å². The quantitative estimate of drug-likeness (QED) is 0.735. The van der Waals surface area contributed by atoms with Crippen LogP contribution in [-0.4, -0.2) is 31.4 Å². The summed E-state index contributed by atoms with van der Waals surface area (Å²) in [6, 6.07) is 9.99. The van der Waals surface area contributed by atoms with E-state index in [9.17, 15) is 4.79 Å². The van der Waals surface area contributed by atoms with Crippen molar-refractivity contribution in [3.05, 3.63) is 52.6 Å². The van der Waals surface area contributed by atoms with Crippen LogP contribution < -0.4 is 4.74 Å². The van der Waals surface area contributed by atoms with E-state index in [-0.39, 0.29) is 6.10 Å². The van der Waals surface area contributed by atoms with Gasteiger partial charge in [-0.25, -0.2) is 0 Å². The molecule has 0 aromatic heterocycles. The zero-order valence-electron chi connectivity index (χ0n) is 16.1. The lowest BCUT2D eigenvalue weighted by Crippen LogP contribution is -2.25. The zero-order chi connectivity index (χ0) is 18.9. The topological polar surface area (TPSA) is 44.8 Å². The van der Waals surface area contributed by atoms with Crippen LogP contribution in [0.25, 0.3) is 11.1 Å². The number of carbonyl (C=O) groups is 1. The van der Waals surface area contributed by atoms with Crippen molar-refractivity contribution in [3.8, 4) is 16.9 Å². The number of carbonyl (C=O) groups excluding carboxylic acids is 1. The molecule has 138 valence electrons. The van der Waals surface area contributed by atoms with Crippen molar-refractivity contribution in [3.63, 3.8) is 0 Å². The first-order valence-electron chi connectivity index (χ1n) is 8.92. The Hall–Kier alpha value is -2.17. The maximum atomic E-state index is 11.2. The average Bonchev–Trinajstić information content (AvgIpc) is 2.95. The first-order chi connectivity index (χ1) is 12.3. The van der Waals surface area contributed by atoms with Gasteiger partial charge in [-0.15, -0.1) is 0 Å². The van der Waals surface area contributed by atoms with E-state index in [1.807, 2.05) is 39.8 Å². The molecule has 4 nitrogen and oxygen atoms in total. The molecule has 2 aromatic carbocycles. The average molecular weight is 354 g/mol. The SMILES string of the molecule is Cc1cc(-c2cccc(C=O)c2C)c(C)cc1OC[C@@H]1COC(C)(C)O1. The highest BCUT2D eigenvalue weighted by Crippen LogP contribution is 2.33. The molecule has 0 radical (unpaired) electrons. The van der Waals surface area contributed by atoms with Crippen LogP contribution in [0.4, 0.5) is 0 Å². The van der Waals surface area contributed by atoms with E-state index < -0.39 is 5.79 Å². The third-order valence-electron chi connectivity index (χ3n) is 4.81. The first kappa shape index (κ1) is 18.6. The lowest BCUT2D eigenvalue weighted by molar-refractivity contribution is -0.141. The van der Waals surface area contributed by atoms with Gasteiger partial charge in [-0.2, -0.15) is 0 Å². The van der Waals surface area contributed by atoms with E-state index in [1.54, 1.807) is 0 Å². The molecule has 1 atom stereocenters. The standard InChI is InChI=1S/C22H26O4/c1-14-10-21(24-12-18-13-25-22(4,5)26-18)15(2)9-20(14)19-8-6-7-17(11-23)16(19)3/h6-11,18H,12-13H2,1-5H3/t18-/m1/s1. The summed E-state index contributed by atoms with van der Waals surface area (Å²) in [5.41, 5.74) is 6.09. The summed E-state index contributed by atoms with van der Waals surface area (Å²) in [7, 11) is 0. The minimum atomic E-state index is -0.538. The summed E-state index contributed by atoms with van der Waals surface area (Å²) in [6.07, 6.45) is 0.847. The minimum absolute atomic E-state index is 0.0594. The molecule has 0 spiro atoms. The van der Waals surface area contributed by atoms with Gasteiger partial charge in [0.1, 0.15) is 24.7 Å². The van der Waals surface area contributed by atoms with E-state index in [0.29, 0.717) is 13.2 Å². The molecule has 2 aromatic rings. The molecule has 0 bridgehead atoms. The van der Waals surface area contributed by atoms with E-state index in [1.165, 1.54) is 0 Å². The molecule has 0 saturated carbocycles. The van der Waals surface area contributed by atoms with Crippen LogP contribution in [0.2, 0.25) is 0 Å². The molecule has 0 amide bonds. The van der Waals surface area contributed by atoms with Gasteiger partial charge in [0, 0.05) is 5.56 Å². The van der Waals surface area contributed by atoms with Gasteiger partial charge in [0.15, 0.2) is 5.79 Å². The molecular weight excluding hydrogens is 328 g/mol. The molecule has 1 saturated heterocycles. The summed E-state index contributed by atoms with van der Waals surface area (Å²) in [6.45, 7) is 10.9. The largest absolute Gasteiger partial charge is 0.491 e. The molecule has 1 heterocycles. The summed E-state index contributed by atoms with van der Waals surface area (Å²) in [5.74, 6) is 0.313. The van der Waals surface area contributed by atoms with Crippen molar-refractivity contribution in [1.29, 1.82) is 0 Å². The monoisotopic (exact) mass is 354 g/mol. The number of hydrogen-bond donors (Lipinski definition) is 0. The summed E-state index contributed by atoms with van der Waals surface area (Å²) in [4.78, 5) is 11.2. The maximum Gasteiger partial charge on any atom is 0.163 e. The third-order valence-corrected chi connectivity index (χ3v) is 4.81. The number of aldehydes is 1. The van der Waals surface area contributed by atoms with Gasteiger partial charge in [-0.3, -0.25) is 4.79 Å². The molecule has 0 aliphatic carbocycles. The van der Waals surface area contributed by atoms with Crippen molar-refractivity contribution in [1.82, 2.24) is 0 Å². The van der Waals surface area contributed by atoms with Gasteiger partial charge in [0.05, 0.1) is 6.61 Å². The molecule has 0 N–H and O–H groups in total. The van der Waals surface area contributed by atoms with Crippen molar-refractivity contribution in [2.75, 3.05) is 13.2 Å². The highest BCUT2D eigenvalue weighted by molar-refractivity contribution is 5.83. The van der Waals surface area contributed by atoms with Gasteiger partial charge in [-0.1, -0.05) is 18.2 Å². The summed E-state index contributed by atoms with van der Waals surface area (Å²) < 4.78 is 17.4. The molecule has 4 heteroatoms.